The van der Waals surface area contributed by atoms with Gasteiger partial charge in [0.25, 0.3) is 0 Å². The SMILES string of the molecule is COc1ccc(F)cc1Nc1cc(C#N)ccc1N. The van der Waals surface area contributed by atoms with E-state index in [4.69, 9.17) is 15.7 Å². The third-order valence-electron chi connectivity index (χ3n) is 2.61. The fourth-order valence-corrected chi connectivity index (χ4v) is 1.66. The number of benzene rings is 2. The molecule has 2 aromatic rings. The van der Waals surface area contributed by atoms with Gasteiger partial charge in [-0.05, 0) is 30.3 Å². The number of nitriles is 1. The largest absolute Gasteiger partial charge is 0.495 e. The summed E-state index contributed by atoms with van der Waals surface area (Å²) in [4.78, 5) is 0. The van der Waals surface area contributed by atoms with E-state index in [-0.39, 0.29) is 0 Å². The zero-order valence-electron chi connectivity index (χ0n) is 10.3. The van der Waals surface area contributed by atoms with Crippen molar-refractivity contribution in [2.24, 2.45) is 0 Å². The van der Waals surface area contributed by atoms with Gasteiger partial charge >= 0.3 is 0 Å². The Morgan fingerprint density at radius 1 is 1.21 bits per heavy atom. The van der Waals surface area contributed by atoms with Gasteiger partial charge in [0.1, 0.15) is 11.6 Å². The Labute approximate surface area is 110 Å². The average Bonchev–Trinajstić information content (AvgIpc) is 2.41. The molecule has 0 amide bonds. The van der Waals surface area contributed by atoms with E-state index in [1.165, 1.54) is 25.3 Å². The van der Waals surface area contributed by atoms with Gasteiger partial charge in [-0.15, -0.1) is 0 Å². The molecule has 0 aliphatic rings. The molecule has 0 radical (unpaired) electrons. The van der Waals surface area contributed by atoms with Gasteiger partial charge in [0, 0.05) is 6.07 Å². The molecule has 0 heterocycles. The van der Waals surface area contributed by atoms with Crippen LogP contribution < -0.4 is 15.8 Å². The molecule has 0 atom stereocenters. The van der Waals surface area contributed by atoms with Gasteiger partial charge in [0.2, 0.25) is 0 Å². The Kier molecular flexibility index (Phi) is 3.53. The van der Waals surface area contributed by atoms with Gasteiger partial charge in [-0.3, -0.25) is 0 Å². The maximum Gasteiger partial charge on any atom is 0.142 e. The van der Waals surface area contributed by atoms with Crippen molar-refractivity contribution in [3.8, 4) is 11.8 Å². The van der Waals surface area contributed by atoms with Crippen LogP contribution in [-0.4, -0.2) is 7.11 Å². The molecule has 0 saturated carbocycles. The van der Waals surface area contributed by atoms with Crippen LogP contribution in [0.25, 0.3) is 0 Å². The summed E-state index contributed by atoms with van der Waals surface area (Å²) in [5.74, 6) is 0.0986. The number of rotatable bonds is 3. The lowest BCUT2D eigenvalue weighted by Gasteiger charge is -2.13. The van der Waals surface area contributed by atoms with Gasteiger partial charge < -0.3 is 15.8 Å². The smallest absolute Gasteiger partial charge is 0.142 e. The lowest BCUT2D eigenvalue weighted by molar-refractivity contribution is 0.416. The molecule has 5 heteroatoms. The van der Waals surface area contributed by atoms with Crippen LogP contribution >= 0.6 is 0 Å². The molecule has 2 rings (SSSR count). The van der Waals surface area contributed by atoms with Crippen molar-refractivity contribution in [3.05, 3.63) is 47.8 Å². The van der Waals surface area contributed by atoms with Crippen molar-refractivity contribution in [3.63, 3.8) is 0 Å². The molecule has 0 fully saturated rings. The number of ether oxygens (including phenoxy) is 1. The first-order chi connectivity index (χ1) is 9.13. The van der Waals surface area contributed by atoms with E-state index in [1.807, 2.05) is 6.07 Å². The standard InChI is InChI=1S/C14H12FN3O/c1-19-14-5-3-10(15)7-13(14)18-12-6-9(8-16)2-4-11(12)17/h2-7,18H,17H2,1H3. The van der Waals surface area contributed by atoms with E-state index >= 15 is 0 Å². The summed E-state index contributed by atoms with van der Waals surface area (Å²) in [6.07, 6.45) is 0. The van der Waals surface area contributed by atoms with Crippen molar-refractivity contribution in [1.29, 1.82) is 5.26 Å². The number of anilines is 3. The number of nitrogens with zero attached hydrogens (tertiary/aromatic N) is 1. The van der Waals surface area contributed by atoms with E-state index in [1.54, 1.807) is 18.2 Å². The summed E-state index contributed by atoms with van der Waals surface area (Å²) >= 11 is 0. The van der Waals surface area contributed by atoms with Crippen LogP contribution in [0.4, 0.5) is 21.5 Å². The third kappa shape index (κ3) is 2.75. The highest BCUT2D eigenvalue weighted by molar-refractivity contribution is 5.76. The predicted molar refractivity (Wildman–Crippen MR) is 71.8 cm³/mol. The normalized spacial score (nSPS) is 9.74. The van der Waals surface area contributed by atoms with Gasteiger partial charge in [0.05, 0.1) is 35.8 Å². The van der Waals surface area contributed by atoms with Crippen LogP contribution in [0.1, 0.15) is 5.56 Å². The molecule has 0 aliphatic carbocycles. The minimum absolute atomic E-state index is 0.390. The number of halogens is 1. The fraction of sp³-hybridized carbons (Fsp3) is 0.0714. The quantitative estimate of drug-likeness (QED) is 0.829. The molecule has 0 aliphatic heterocycles. The van der Waals surface area contributed by atoms with Crippen LogP contribution in [-0.2, 0) is 0 Å². The summed E-state index contributed by atoms with van der Waals surface area (Å²) < 4.78 is 18.4. The Hall–Kier alpha value is -2.74. The van der Waals surface area contributed by atoms with Crippen molar-refractivity contribution >= 4 is 17.1 Å². The Bertz CT molecular complexity index is 650. The van der Waals surface area contributed by atoms with E-state index in [0.717, 1.165) is 0 Å². The van der Waals surface area contributed by atoms with Crippen LogP contribution in [0.2, 0.25) is 0 Å². The molecule has 2 aromatic carbocycles. The number of hydrogen-bond acceptors (Lipinski definition) is 4. The van der Waals surface area contributed by atoms with E-state index in [2.05, 4.69) is 5.32 Å². The monoisotopic (exact) mass is 257 g/mol. The highest BCUT2D eigenvalue weighted by atomic mass is 19.1. The van der Waals surface area contributed by atoms with Crippen LogP contribution in [0.15, 0.2) is 36.4 Å². The van der Waals surface area contributed by atoms with Crippen molar-refractivity contribution in [1.82, 2.24) is 0 Å². The van der Waals surface area contributed by atoms with Gasteiger partial charge in [0.15, 0.2) is 0 Å². The second-order valence-electron chi connectivity index (χ2n) is 3.88. The maximum absolute atomic E-state index is 13.3. The minimum atomic E-state index is -0.390. The first kappa shape index (κ1) is 12.7. The lowest BCUT2D eigenvalue weighted by atomic mass is 10.1. The van der Waals surface area contributed by atoms with Crippen molar-refractivity contribution in [2.45, 2.75) is 0 Å². The molecule has 0 unspecified atom stereocenters. The summed E-state index contributed by atoms with van der Waals surface area (Å²) in [5.41, 5.74) is 7.72. The van der Waals surface area contributed by atoms with Crippen LogP contribution in [0.5, 0.6) is 5.75 Å². The van der Waals surface area contributed by atoms with E-state index in [9.17, 15) is 4.39 Å². The second kappa shape index (κ2) is 5.27. The molecule has 3 N–H and O–H groups in total. The summed E-state index contributed by atoms with van der Waals surface area (Å²) in [7, 11) is 1.49. The van der Waals surface area contributed by atoms with Gasteiger partial charge in [-0.25, -0.2) is 4.39 Å². The average molecular weight is 257 g/mol. The highest BCUT2D eigenvalue weighted by Gasteiger charge is 2.07. The molecule has 0 bridgehead atoms. The molecule has 0 aromatic heterocycles. The summed E-state index contributed by atoms with van der Waals surface area (Å²) in [6, 6.07) is 11.0. The fourth-order valence-electron chi connectivity index (χ4n) is 1.66. The Morgan fingerprint density at radius 3 is 2.68 bits per heavy atom. The van der Waals surface area contributed by atoms with Crippen LogP contribution in [0, 0.1) is 17.1 Å². The summed E-state index contributed by atoms with van der Waals surface area (Å²) in [6.45, 7) is 0. The molecule has 0 saturated heterocycles. The summed E-state index contributed by atoms with van der Waals surface area (Å²) in [5, 5.41) is 11.8. The number of nitrogen functional groups attached to an aromatic ring is 1. The zero-order valence-corrected chi connectivity index (χ0v) is 10.3. The molecular formula is C14H12FN3O. The zero-order chi connectivity index (χ0) is 13.8. The first-order valence-corrected chi connectivity index (χ1v) is 5.54. The number of hydrogen-bond donors (Lipinski definition) is 2. The Morgan fingerprint density at radius 2 is 2.00 bits per heavy atom. The lowest BCUT2D eigenvalue weighted by Crippen LogP contribution is -1.99. The van der Waals surface area contributed by atoms with E-state index in [0.29, 0.717) is 28.4 Å². The van der Waals surface area contributed by atoms with E-state index < -0.39 is 5.82 Å². The molecular weight excluding hydrogens is 245 g/mol. The van der Waals surface area contributed by atoms with Gasteiger partial charge in [-0.1, -0.05) is 0 Å². The minimum Gasteiger partial charge on any atom is -0.495 e. The van der Waals surface area contributed by atoms with Crippen molar-refractivity contribution in [2.75, 3.05) is 18.2 Å². The Balaban J connectivity index is 2.41. The van der Waals surface area contributed by atoms with Crippen molar-refractivity contribution < 1.29 is 9.13 Å². The molecule has 0 spiro atoms. The maximum atomic E-state index is 13.3. The topological polar surface area (TPSA) is 71.1 Å². The first-order valence-electron chi connectivity index (χ1n) is 5.54. The van der Waals surface area contributed by atoms with Gasteiger partial charge in [-0.2, -0.15) is 5.26 Å². The predicted octanol–water partition coefficient (Wildman–Crippen LogP) is 3.03. The number of methoxy groups -OCH3 is 1. The second-order valence-corrected chi connectivity index (χ2v) is 3.88. The third-order valence-corrected chi connectivity index (χ3v) is 2.61. The van der Waals surface area contributed by atoms with Crippen LogP contribution in [0.3, 0.4) is 0 Å². The molecule has 4 nitrogen and oxygen atoms in total. The highest BCUT2D eigenvalue weighted by Crippen LogP contribution is 2.31. The molecule has 19 heavy (non-hydrogen) atoms. The number of nitrogens with one attached hydrogen (secondary N) is 1. The molecule has 96 valence electrons. The number of nitrogens with two attached hydrogens (primary N) is 1.